The average molecular weight is 362 g/mol. The number of benzene rings is 3. The molecular formula is C21H18N2O4. The summed E-state index contributed by atoms with van der Waals surface area (Å²) in [7, 11) is 1.58. The number of ether oxygens (including phenoxy) is 1. The molecule has 0 fully saturated rings. The Kier molecular flexibility index (Phi) is 5.47. The van der Waals surface area contributed by atoms with Crippen LogP contribution in [-0.2, 0) is 6.54 Å². The summed E-state index contributed by atoms with van der Waals surface area (Å²) in [4.78, 5) is 25.1. The molecule has 27 heavy (non-hydrogen) atoms. The van der Waals surface area contributed by atoms with E-state index in [9.17, 15) is 14.9 Å². The first-order valence-electron chi connectivity index (χ1n) is 8.33. The predicted molar refractivity (Wildman–Crippen MR) is 103 cm³/mol. The molecule has 136 valence electrons. The predicted octanol–water partition coefficient (Wildman–Crippen LogP) is 4.45. The number of nitro benzene ring substituents is 1. The molecule has 6 heteroatoms. The molecule has 0 radical (unpaired) electrons. The van der Waals surface area contributed by atoms with E-state index in [2.05, 4.69) is 0 Å². The molecular weight excluding hydrogens is 344 g/mol. The molecule has 0 aromatic heterocycles. The monoisotopic (exact) mass is 362 g/mol. The Bertz CT molecular complexity index is 923. The van der Waals surface area contributed by atoms with E-state index in [0.29, 0.717) is 23.5 Å². The second kappa shape index (κ2) is 8.14. The van der Waals surface area contributed by atoms with E-state index in [0.717, 1.165) is 5.56 Å². The Balaban J connectivity index is 1.94. The summed E-state index contributed by atoms with van der Waals surface area (Å²) in [5, 5.41) is 10.8. The van der Waals surface area contributed by atoms with Crippen LogP contribution in [0.3, 0.4) is 0 Å². The summed E-state index contributed by atoms with van der Waals surface area (Å²) in [5.41, 5.74) is 2.02. The number of methoxy groups -OCH3 is 1. The van der Waals surface area contributed by atoms with E-state index in [1.54, 1.807) is 24.1 Å². The van der Waals surface area contributed by atoms with Gasteiger partial charge in [0.2, 0.25) is 0 Å². The minimum atomic E-state index is -0.487. The van der Waals surface area contributed by atoms with Gasteiger partial charge in [-0.3, -0.25) is 14.9 Å². The number of nitro groups is 1. The first kappa shape index (κ1) is 18.1. The highest BCUT2D eigenvalue weighted by atomic mass is 16.6. The molecule has 0 aliphatic rings. The summed E-state index contributed by atoms with van der Waals surface area (Å²) in [6.45, 7) is 0.378. The van der Waals surface area contributed by atoms with Gasteiger partial charge in [-0.2, -0.15) is 0 Å². The standard InChI is InChI=1S/C21H18N2O4/c1-27-20-13-11-18(12-14-20)22(15-16-5-3-2-4-6-16)21(24)17-7-9-19(10-8-17)23(25)26/h2-14H,15H2,1H3. The Morgan fingerprint density at radius 1 is 0.963 bits per heavy atom. The lowest BCUT2D eigenvalue weighted by Crippen LogP contribution is -2.30. The smallest absolute Gasteiger partial charge is 0.269 e. The molecule has 0 heterocycles. The number of hydrogen-bond donors (Lipinski definition) is 0. The fourth-order valence-electron chi connectivity index (χ4n) is 2.69. The van der Waals surface area contributed by atoms with E-state index in [1.165, 1.54) is 24.3 Å². The van der Waals surface area contributed by atoms with Crippen LogP contribution >= 0.6 is 0 Å². The van der Waals surface area contributed by atoms with Crippen molar-refractivity contribution in [3.05, 3.63) is 100 Å². The minimum absolute atomic E-state index is 0.0504. The summed E-state index contributed by atoms with van der Waals surface area (Å²) in [6.07, 6.45) is 0. The molecule has 0 unspecified atom stereocenters. The lowest BCUT2D eigenvalue weighted by atomic mass is 10.1. The highest BCUT2D eigenvalue weighted by Crippen LogP contribution is 2.24. The van der Waals surface area contributed by atoms with Gasteiger partial charge in [-0.05, 0) is 42.0 Å². The van der Waals surface area contributed by atoms with Crippen LogP contribution < -0.4 is 9.64 Å². The molecule has 1 amide bonds. The largest absolute Gasteiger partial charge is 0.497 e. The van der Waals surface area contributed by atoms with E-state index < -0.39 is 4.92 Å². The van der Waals surface area contributed by atoms with E-state index >= 15 is 0 Å². The summed E-state index contributed by atoms with van der Waals surface area (Å²) >= 11 is 0. The lowest BCUT2D eigenvalue weighted by Gasteiger charge is -2.23. The molecule has 3 aromatic rings. The van der Waals surface area contributed by atoms with Crippen LogP contribution in [0, 0.1) is 10.1 Å². The van der Waals surface area contributed by atoms with Crippen molar-refractivity contribution in [1.29, 1.82) is 0 Å². The van der Waals surface area contributed by atoms with Gasteiger partial charge in [-0.1, -0.05) is 30.3 Å². The first-order chi connectivity index (χ1) is 13.1. The molecule has 0 atom stereocenters. The average Bonchev–Trinajstić information content (AvgIpc) is 2.72. The molecule has 0 aliphatic carbocycles. The van der Waals surface area contributed by atoms with Crippen LogP contribution in [0.5, 0.6) is 5.75 Å². The maximum atomic E-state index is 13.1. The van der Waals surface area contributed by atoms with Gasteiger partial charge in [-0.15, -0.1) is 0 Å². The number of hydrogen-bond acceptors (Lipinski definition) is 4. The SMILES string of the molecule is COc1ccc(N(Cc2ccccc2)C(=O)c2ccc([N+](=O)[O-])cc2)cc1. The van der Waals surface area contributed by atoms with Gasteiger partial charge in [0, 0.05) is 23.4 Å². The van der Waals surface area contributed by atoms with Crippen LogP contribution in [0.25, 0.3) is 0 Å². The fraction of sp³-hybridized carbons (Fsp3) is 0.0952. The number of rotatable bonds is 6. The van der Waals surface area contributed by atoms with Gasteiger partial charge in [0.05, 0.1) is 18.6 Å². The highest BCUT2D eigenvalue weighted by Gasteiger charge is 2.19. The molecule has 0 bridgehead atoms. The highest BCUT2D eigenvalue weighted by molar-refractivity contribution is 6.06. The molecule has 0 saturated carbocycles. The molecule has 3 aromatic carbocycles. The fourth-order valence-corrected chi connectivity index (χ4v) is 2.69. The van der Waals surface area contributed by atoms with Crippen LogP contribution in [0.2, 0.25) is 0 Å². The van der Waals surface area contributed by atoms with Gasteiger partial charge in [-0.25, -0.2) is 0 Å². The third-order valence-corrected chi connectivity index (χ3v) is 4.14. The second-order valence-corrected chi connectivity index (χ2v) is 5.88. The summed E-state index contributed by atoms with van der Waals surface area (Å²) in [5.74, 6) is 0.458. The van der Waals surface area contributed by atoms with Gasteiger partial charge >= 0.3 is 0 Å². The van der Waals surface area contributed by atoms with Crippen molar-refractivity contribution >= 4 is 17.3 Å². The van der Waals surface area contributed by atoms with Crippen molar-refractivity contribution in [1.82, 2.24) is 0 Å². The zero-order valence-corrected chi connectivity index (χ0v) is 14.7. The molecule has 0 N–H and O–H groups in total. The van der Waals surface area contributed by atoms with Gasteiger partial charge in [0.1, 0.15) is 5.75 Å². The van der Waals surface area contributed by atoms with Crippen LogP contribution in [-0.4, -0.2) is 17.9 Å². The van der Waals surface area contributed by atoms with Crippen LogP contribution in [0.15, 0.2) is 78.9 Å². The first-order valence-corrected chi connectivity index (χ1v) is 8.33. The molecule has 6 nitrogen and oxygen atoms in total. The molecule has 3 rings (SSSR count). The van der Waals surface area contributed by atoms with Crippen LogP contribution in [0.1, 0.15) is 15.9 Å². The van der Waals surface area contributed by atoms with Crippen molar-refractivity contribution in [2.75, 3.05) is 12.0 Å². The number of amides is 1. The number of carbonyl (C=O) groups excluding carboxylic acids is 1. The third kappa shape index (κ3) is 4.30. The quantitative estimate of drug-likeness (QED) is 0.480. The molecule has 0 saturated heterocycles. The third-order valence-electron chi connectivity index (χ3n) is 4.14. The van der Waals surface area contributed by atoms with Crippen molar-refractivity contribution in [3.8, 4) is 5.75 Å². The number of anilines is 1. The van der Waals surface area contributed by atoms with E-state index in [-0.39, 0.29) is 11.6 Å². The van der Waals surface area contributed by atoms with Crippen LogP contribution in [0.4, 0.5) is 11.4 Å². The zero-order chi connectivity index (χ0) is 19.2. The number of nitrogens with zero attached hydrogens (tertiary/aromatic N) is 2. The van der Waals surface area contributed by atoms with Gasteiger partial charge in [0.25, 0.3) is 11.6 Å². The number of non-ortho nitro benzene ring substituents is 1. The van der Waals surface area contributed by atoms with Crippen molar-refractivity contribution in [2.24, 2.45) is 0 Å². The van der Waals surface area contributed by atoms with Gasteiger partial charge < -0.3 is 9.64 Å². The Hall–Kier alpha value is -3.67. The maximum Gasteiger partial charge on any atom is 0.269 e. The number of carbonyl (C=O) groups is 1. The Morgan fingerprint density at radius 3 is 2.15 bits per heavy atom. The van der Waals surface area contributed by atoms with Crippen molar-refractivity contribution in [2.45, 2.75) is 6.54 Å². The lowest BCUT2D eigenvalue weighted by molar-refractivity contribution is -0.384. The van der Waals surface area contributed by atoms with Crippen molar-refractivity contribution in [3.63, 3.8) is 0 Å². The maximum absolute atomic E-state index is 13.1. The Morgan fingerprint density at radius 2 is 1.59 bits per heavy atom. The molecule has 0 spiro atoms. The van der Waals surface area contributed by atoms with E-state index in [1.807, 2.05) is 42.5 Å². The van der Waals surface area contributed by atoms with Gasteiger partial charge in [0.15, 0.2) is 0 Å². The minimum Gasteiger partial charge on any atom is -0.497 e. The second-order valence-electron chi connectivity index (χ2n) is 5.88. The van der Waals surface area contributed by atoms with Crippen molar-refractivity contribution < 1.29 is 14.5 Å². The topological polar surface area (TPSA) is 72.7 Å². The summed E-state index contributed by atoms with van der Waals surface area (Å²) < 4.78 is 5.18. The Labute approximate surface area is 156 Å². The zero-order valence-electron chi connectivity index (χ0n) is 14.7. The normalized spacial score (nSPS) is 10.3. The summed E-state index contributed by atoms with van der Waals surface area (Å²) in [6, 6.07) is 22.4. The van der Waals surface area contributed by atoms with E-state index in [4.69, 9.17) is 4.74 Å². The molecule has 0 aliphatic heterocycles.